The summed E-state index contributed by atoms with van der Waals surface area (Å²) in [5.41, 5.74) is 3.82. The minimum absolute atomic E-state index is 0.195. The van der Waals surface area contributed by atoms with Crippen molar-refractivity contribution in [3.05, 3.63) is 76.0 Å². The van der Waals surface area contributed by atoms with Crippen LogP contribution in [0.15, 0.2) is 59.8 Å². The van der Waals surface area contributed by atoms with Crippen molar-refractivity contribution in [3.8, 4) is 0 Å². The number of carbonyl (C=O) groups excluding carboxylic acids is 1. The second kappa shape index (κ2) is 7.25. The maximum atomic E-state index is 13.0. The summed E-state index contributed by atoms with van der Waals surface area (Å²) in [6, 6.07) is 14.9. The SMILES string of the molecule is CC1=C(C(=O)Nc2cccc(Cl)c2C)[C@H](c2ccccc2)NC(=S)N1. The van der Waals surface area contributed by atoms with Gasteiger partial charge in [0.15, 0.2) is 5.11 Å². The van der Waals surface area contributed by atoms with E-state index in [1.807, 2.05) is 56.3 Å². The van der Waals surface area contributed by atoms with Gasteiger partial charge in [-0.25, -0.2) is 0 Å². The summed E-state index contributed by atoms with van der Waals surface area (Å²) in [6.07, 6.45) is 0. The molecule has 0 aromatic heterocycles. The summed E-state index contributed by atoms with van der Waals surface area (Å²) in [4.78, 5) is 13.0. The minimum Gasteiger partial charge on any atom is -0.351 e. The second-order valence-corrected chi connectivity index (χ2v) is 6.66. The van der Waals surface area contributed by atoms with Gasteiger partial charge in [-0.2, -0.15) is 0 Å². The summed E-state index contributed by atoms with van der Waals surface area (Å²) >= 11 is 11.4. The van der Waals surface area contributed by atoms with Crippen molar-refractivity contribution in [2.75, 3.05) is 5.32 Å². The Morgan fingerprint density at radius 2 is 1.84 bits per heavy atom. The third-order valence-electron chi connectivity index (χ3n) is 4.16. The summed E-state index contributed by atoms with van der Waals surface area (Å²) in [5.74, 6) is -0.195. The van der Waals surface area contributed by atoms with E-state index in [9.17, 15) is 4.79 Å². The average Bonchev–Trinajstić information content (AvgIpc) is 2.59. The number of hydrogen-bond acceptors (Lipinski definition) is 2. The van der Waals surface area contributed by atoms with Crippen LogP contribution < -0.4 is 16.0 Å². The van der Waals surface area contributed by atoms with Crippen molar-refractivity contribution in [2.24, 2.45) is 0 Å². The number of hydrogen-bond donors (Lipinski definition) is 3. The third-order valence-corrected chi connectivity index (χ3v) is 4.79. The van der Waals surface area contributed by atoms with E-state index in [1.54, 1.807) is 6.07 Å². The van der Waals surface area contributed by atoms with Gasteiger partial charge in [-0.05, 0) is 49.3 Å². The number of allylic oxidation sites excluding steroid dienone is 1. The fourth-order valence-electron chi connectivity index (χ4n) is 2.82. The molecule has 3 N–H and O–H groups in total. The second-order valence-electron chi connectivity index (χ2n) is 5.85. The zero-order valence-corrected chi connectivity index (χ0v) is 15.5. The van der Waals surface area contributed by atoms with Crippen molar-refractivity contribution >= 4 is 40.5 Å². The Morgan fingerprint density at radius 1 is 1.12 bits per heavy atom. The monoisotopic (exact) mass is 371 g/mol. The smallest absolute Gasteiger partial charge is 0.255 e. The van der Waals surface area contributed by atoms with Crippen LogP contribution >= 0.6 is 23.8 Å². The molecule has 2 aromatic carbocycles. The normalized spacial score (nSPS) is 16.9. The molecule has 0 spiro atoms. The lowest BCUT2D eigenvalue weighted by Gasteiger charge is -2.30. The molecule has 1 atom stereocenters. The molecule has 6 heteroatoms. The number of thiocarbonyl (C=S) groups is 1. The molecule has 0 bridgehead atoms. The van der Waals surface area contributed by atoms with Gasteiger partial charge < -0.3 is 16.0 Å². The highest BCUT2D eigenvalue weighted by Gasteiger charge is 2.30. The van der Waals surface area contributed by atoms with Crippen molar-refractivity contribution < 1.29 is 4.79 Å². The summed E-state index contributed by atoms with van der Waals surface area (Å²) in [7, 11) is 0. The Kier molecular flexibility index (Phi) is 5.06. The molecule has 2 aromatic rings. The number of carbonyl (C=O) groups is 1. The van der Waals surface area contributed by atoms with Gasteiger partial charge in [0.1, 0.15) is 0 Å². The molecular formula is C19H18ClN3OS. The van der Waals surface area contributed by atoms with E-state index in [4.69, 9.17) is 23.8 Å². The fraction of sp³-hybridized carbons (Fsp3) is 0.158. The molecule has 1 aliphatic heterocycles. The number of amides is 1. The molecule has 1 aliphatic rings. The highest BCUT2D eigenvalue weighted by atomic mass is 35.5. The quantitative estimate of drug-likeness (QED) is 0.711. The fourth-order valence-corrected chi connectivity index (χ4v) is 3.27. The first kappa shape index (κ1) is 17.5. The minimum atomic E-state index is -0.311. The Morgan fingerprint density at radius 3 is 2.56 bits per heavy atom. The molecule has 0 radical (unpaired) electrons. The lowest BCUT2D eigenvalue weighted by molar-refractivity contribution is -0.113. The number of nitrogens with one attached hydrogen (secondary N) is 3. The van der Waals surface area contributed by atoms with Gasteiger partial charge in [0.25, 0.3) is 5.91 Å². The van der Waals surface area contributed by atoms with E-state index in [0.717, 1.165) is 16.8 Å². The maximum Gasteiger partial charge on any atom is 0.255 e. The number of anilines is 1. The largest absolute Gasteiger partial charge is 0.351 e. The molecule has 128 valence electrons. The third kappa shape index (κ3) is 3.67. The van der Waals surface area contributed by atoms with Gasteiger partial charge in [0.05, 0.1) is 11.6 Å². The van der Waals surface area contributed by atoms with E-state index < -0.39 is 0 Å². The molecule has 0 unspecified atom stereocenters. The summed E-state index contributed by atoms with van der Waals surface area (Å²) in [6.45, 7) is 3.73. The van der Waals surface area contributed by atoms with Crippen molar-refractivity contribution in [2.45, 2.75) is 19.9 Å². The first-order chi connectivity index (χ1) is 12.0. The van der Waals surface area contributed by atoms with E-state index in [-0.39, 0.29) is 11.9 Å². The van der Waals surface area contributed by atoms with E-state index in [0.29, 0.717) is 21.4 Å². The van der Waals surface area contributed by atoms with Crippen LogP contribution in [0.5, 0.6) is 0 Å². The molecule has 1 heterocycles. The van der Waals surface area contributed by atoms with Crippen LogP contribution in [0.4, 0.5) is 5.69 Å². The van der Waals surface area contributed by atoms with Gasteiger partial charge in [0.2, 0.25) is 0 Å². The highest BCUT2D eigenvalue weighted by Crippen LogP contribution is 2.29. The van der Waals surface area contributed by atoms with Crippen molar-refractivity contribution in [1.82, 2.24) is 10.6 Å². The molecular weight excluding hydrogens is 354 g/mol. The molecule has 3 rings (SSSR count). The molecule has 1 amide bonds. The van der Waals surface area contributed by atoms with Gasteiger partial charge in [-0.3, -0.25) is 4.79 Å². The predicted octanol–water partition coefficient (Wildman–Crippen LogP) is 4.08. The molecule has 0 aliphatic carbocycles. The molecule has 25 heavy (non-hydrogen) atoms. The van der Waals surface area contributed by atoms with Crippen LogP contribution in [0.3, 0.4) is 0 Å². The van der Waals surface area contributed by atoms with E-state index >= 15 is 0 Å². The topological polar surface area (TPSA) is 53.2 Å². The standard InChI is InChI=1S/C19H18ClN3OS/c1-11-14(20)9-6-10-15(11)22-18(24)16-12(2)21-19(25)23-17(16)13-7-4-3-5-8-13/h3-10,17H,1-2H3,(H,22,24)(H2,21,23,25)/t17-/m0/s1. The van der Waals surface area contributed by atoms with Crippen LogP contribution in [0.2, 0.25) is 5.02 Å². The molecule has 0 fully saturated rings. The van der Waals surface area contributed by atoms with Gasteiger partial charge >= 0.3 is 0 Å². The highest BCUT2D eigenvalue weighted by molar-refractivity contribution is 7.80. The lowest BCUT2D eigenvalue weighted by atomic mass is 9.95. The number of benzene rings is 2. The Hall–Kier alpha value is -2.37. The van der Waals surface area contributed by atoms with E-state index in [2.05, 4.69) is 16.0 Å². The Balaban J connectivity index is 1.96. The van der Waals surface area contributed by atoms with Crippen molar-refractivity contribution in [1.29, 1.82) is 0 Å². The lowest BCUT2D eigenvalue weighted by Crippen LogP contribution is -2.45. The summed E-state index contributed by atoms with van der Waals surface area (Å²) < 4.78 is 0. The number of halogens is 1. The van der Waals surface area contributed by atoms with Gasteiger partial charge in [-0.15, -0.1) is 0 Å². The molecule has 0 saturated carbocycles. The number of rotatable bonds is 3. The van der Waals surface area contributed by atoms with Crippen molar-refractivity contribution in [3.63, 3.8) is 0 Å². The molecule has 4 nitrogen and oxygen atoms in total. The zero-order valence-electron chi connectivity index (χ0n) is 13.9. The first-order valence-electron chi connectivity index (χ1n) is 7.87. The van der Waals surface area contributed by atoms with E-state index in [1.165, 1.54) is 0 Å². The first-order valence-corrected chi connectivity index (χ1v) is 8.65. The van der Waals surface area contributed by atoms with Crippen LogP contribution in [0.1, 0.15) is 24.1 Å². The molecule has 0 saturated heterocycles. The Labute approximate surface area is 157 Å². The Bertz CT molecular complexity index is 864. The van der Waals surface area contributed by atoms with Gasteiger partial charge in [-0.1, -0.05) is 48.0 Å². The summed E-state index contributed by atoms with van der Waals surface area (Å²) in [5, 5.41) is 10.3. The van der Waals surface area contributed by atoms with Crippen LogP contribution in [-0.4, -0.2) is 11.0 Å². The van der Waals surface area contributed by atoms with Gasteiger partial charge in [0, 0.05) is 16.4 Å². The average molecular weight is 372 g/mol. The zero-order chi connectivity index (χ0) is 18.0. The maximum absolute atomic E-state index is 13.0. The van der Waals surface area contributed by atoms with Crippen LogP contribution in [0, 0.1) is 6.92 Å². The van der Waals surface area contributed by atoms with Crippen LogP contribution in [0.25, 0.3) is 0 Å². The predicted molar refractivity (Wildman–Crippen MR) is 106 cm³/mol. The van der Waals surface area contributed by atoms with Crippen LogP contribution in [-0.2, 0) is 4.79 Å².